The molecule has 1 aromatic carbocycles. The van der Waals surface area contributed by atoms with Crippen LogP contribution in [0.5, 0.6) is 0 Å². The number of anilines is 1. The highest BCUT2D eigenvalue weighted by atomic mass is 35.5. The highest BCUT2D eigenvalue weighted by molar-refractivity contribution is 7.52. The first-order chi connectivity index (χ1) is 17.9. The van der Waals surface area contributed by atoms with Gasteiger partial charge in [-0.25, -0.2) is 4.79 Å². The SMILES string of the molecule is CC(C)OC(=O)OCOP(=O)(O)CN1CCC(NC(=O)c2[nH]ncc2NC(=O)c2c(Cl)cccc2Cl)CC1. The van der Waals surface area contributed by atoms with Crippen molar-refractivity contribution in [3.63, 3.8) is 0 Å². The lowest BCUT2D eigenvalue weighted by molar-refractivity contribution is -0.0118. The molecule has 1 aromatic heterocycles. The summed E-state index contributed by atoms with van der Waals surface area (Å²) in [6, 6.07) is 4.43. The number of rotatable bonds is 10. The molecule has 1 fully saturated rings. The van der Waals surface area contributed by atoms with Crippen LogP contribution in [0.4, 0.5) is 10.5 Å². The average Bonchev–Trinajstić information content (AvgIpc) is 3.27. The van der Waals surface area contributed by atoms with Gasteiger partial charge in [0.15, 0.2) is 0 Å². The number of nitrogens with zero attached hydrogens (tertiary/aromatic N) is 2. The van der Waals surface area contributed by atoms with Gasteiger partial charge in [0.2, 0.25) is 6.79 Å². The van der Waals surface area contributed by atoms with Crippen LogP contribution in [0.3, 0.4) is 0 Å². The number of carbonyl (C=O) groups excluding carboxylic acids is 3. The summed E-state index contributed by atoms with van der Waals surface area (Å²) in [5.41, 5.74) is 0.273. The second-order valence-corrected chi connectivity index (χ2v) is 11.3. The molecular weight excluding hydrogens is 564 g/mol. The number of carbonyl (C=O) groups is 3. The van der Waals surface area contributed by atoms with Gasteiger partial charge in [-0.1, -0.05) is 29.3 Å². The van der Waals surface area contributed by atoms with Gasteiger partial charge >= 0.3 is 13.8 Å². The smallest absolute Gasteiger partial charge is 0.432 e. The van der Waals surface area contributed by atoms with Gasteiger partial charge in [0.05, 0.1) is 33.6 Å². The van der Waals surface area contributed by atoms with Gasteiger partial charge in [-0.2, -0.15) is 5.10 Å². The van der Waals surface area contributed by atoms with Crippen LogP contribution in [-0.4, -0.2) is 76.3 Å². The molecular formula is C22H28Cl2N5O8P. The summed E-state index contributed by atoms with van der Waals surface area (Å²) < 4.78 is 26.5. The van der Waals surface area contributed by atoms with Crippen molar-refractivity contribution in [1.29, 1.82) is 0 Å². The minimum Gasteiger partial charge on any atom is -0.432 e. The predicted molar refractivity (Wildman–Crippen MR) is 138 cm³/mol. The van der Waals surface area contributed by atoms with Gasteiger partial charge in [0.1, 0.15) is 12.0 Å². The van der Waals surface area contributed by atoms with Crippen LogP contribution in [-0.2, 0) is 18.6 Å². The molecule has 0 saturated carbocycles. The van der Waals surface area contributed by atoms with Crippen molar-refractivity contribution in [2.24, 2.45) is 0 Å². The van der Waals surface area contributed by atoms with E-state index in [-0.39, 0.29) is 39.3 Å². The molecule has 38 heavy (non-hydrogen) atoms. The Morgan fingerprint density at radius 2 is 1.87 bits per heavy atom. The van der Waals surface area contributed by atoms with Gasteiger partial charge in [-0.05, 0) is 38.8 Å². The zero-order chi connectivity index (χ0) is 27.9. The third-order valence-electron chi connectivity index (χ3n) is 5.37. The molecule has 0 aliphatic carbocycles. The maximum atomic E-state index is 12.8. The molecule has 0 bridgehead atoms. The van der Waals surface area contributed by atoms with Crippen molar-refractivity contribution in [3.05, 3.63) is 45.7 Å². The summed E-state index contributed by atoms with van der Waals surface area (Å²) in [6.07, 6.45) is 0.630. The standard InChI is InChI=1S/C22H28Cl2N5O8P/c1-13(2)37-22(32)35-12-36-38(33,34)11-29-8-6-14(7-9-29)26-21(31)19-17(10-25-28-19)27-20(30)18-15(23)4-3-5-16(18)24/h3-5,10,13-14H,6-9,11-12H2,1-2H3,(H,25,28)(H,26,31)(H,27,30)(H,33,34). The van der Waals surface area contributed by atoms with E-state index in [2.05, 4.69) is 25.6 Å². The maximum absolute atomic E-state index is 12.8. The van der Waals surface area contributed by atoms with Crippen molar-refractivity contribution in [3.8, 4) is 0 Å². The molecule has 1 atom stereocenters. The third-order valence-corrected chi connectivity index (χ3v) is 7.27. The van der Waals surface area contributed by atoms with Crippen LogP contribution in [0.1, 0.15) is 47.5 Å². The number of halogens is 2. The van der Waals surface area contributed by atoms with E-state index in [1.54, 1.807) is 24.8 Å². The van der Waals surface area contributed by atoms with E-state index in [0.717, 1.165) is 0 Å². The normalized spacial score (nSPS) is 16.1. The van der Waals surface area contributed by atoms with Crippen LogP contribution < -0.4 is 10.6 Å². The van der Waals surface area contributed by atoms with Crippen LogP contribution >= 0.6 is 30.8 Å². The Morgan fingerprint density at radius 3 is 2.50 bits per heavy atom. The molecule has 4 N–H and O–H groups in total. The number of likely N-dealkylation sites (tertiary alicyclic amines) is 1. The largest absolute Gasteiger partial charge is 0.510 e. The lowest BCUT2D eigenvalue weighted by atomic mass is 10.1. The van der Waals surface area contributed by atoms with Crippen molar-refractivity contribution < 1.29 is 37.8 Å². The highest BCUT2D eigenvalue weighted by Gasteiger charge is 2.29. The number of H-pyrrole nitrogens is 1. The van der Waals surface area contributed by atoms with E-state index < -0.39 is 38.5 Å². The Hall–Kier alpha value is -2.67. The maximum Gasteiger partial charge on any atom is 0.510 e. The Balaban J connectivity index is 1.46. The Labute approximate surface area is 228 Å². The van der Waals surface area contributed by atoms with Crippen LogP contribution in [0.2, 0.25) is 10.0 Å². The van der Waals surface area contributed by atoms with E-state index in [4.69, 9.17) is 32.5 Å². The third kappa shape index (κ3) is 8.69. The second-order valence-electron chi connectivity index (χ2n) is 8.66. The van der Waals surface area contributed by atoms with Crippen molar-refractivity contribution in [1.82, 2.24) is 20.4 Å². The minimum absolute atomic E-state index is 0.0493. The van der Waals surface area contributed by atoms with E-state index in [1.807, 2.05) is 0 Å². The quantitative estimate of drug-likeness (QED) is 0.180. The molecule has 2 amide bonds. The van der Waals surface area contributed by atoms with Gasteiger partial charge in [-0.15, -0.1) is 0 Å². The molecule has 1 aliphatic rings. The van der Waals surface area contributed by atoms with E-state index in [0.29, 0.717) is 25.9 Å². The zero-order valence-corrected chi connectivity index (χ0v) is 23.0. The summed E-state index contributed by atoms with van der Waals surface area (Å²) in [6.45, 7) is 3.38. The van der Waals surface area contributed by atoms with Crippen LogP contribution in [0.25, 0.3) is 0 Å². The number of amides is 2. The highest BCUT2D eigenvalue weighted by Crippen LogP contribution is 2.42. The second kappa shape index (κ2) is 13.4. The van der Waals surface area contributed by atoms with Gasteiger partial charge < -0.3 is 25.0 Å². The number of nitrogens with one attached hydrogen (secondary N) is 3. The molecule has 2 aromatic rings. The van der Waals surface area contributed by atoms with E-state index in [1.165, 1.54) is 18.3 Å². The Bertz CT molecular complexity index is 1180. The molecule has 3 rings (SSSR count). The molecule has 1 saturated heterocycles. The molecule has 0 spiro atoms. The molecule has 1 unspecified atom stereocenters. The fraction of sp³-hybridized carbons (Fsp3) is 0.455. The first kappa shape index (κ1) is 29.9. The Morgan fingerprint density at radius 1 is 1.21 bits per heavy atom. The number of piperidine rings is 1. The van der Waals surface area contributed by atoms with Gasteiger partial charge in [0.25, 0.3) is 11.8 Å². The number of benzene rings is 1. The van der Waals surface area contributed by atoms with E-state index in [9.17, 15) is 23.8 Å². The van der Waals surface area contributed by atoms with Gasteiger partial charge in [-0.3, -0.25) is 28.7 Å². The predicted octanol–water partition coefficient (Wildman–Crippen LogP) is 3.84. The lowest BCUT2D eigenvalue weighted by Crippen LogP contribution is -2.45. The first-order valence-electron chi connectivity index (χ1n) is 11.6. The van der Waals surface area contributed by atoms with E-state index >= 15 is 0 Å². The summed E-state index contributed by atoms with van der Waals surface area (Å²) in [5.74, 6) is -1.08. The fourth-order valence-electron chi connectivity index (χ4n) is 3.61. The van der Waals surface area contributed by atoms with Crippen LogP contribution in [0, 0.1) is 0 Å². The summed E-state index contributed by atoms with van der Waals surface area (Å²) in [7, 11) is -4.06. The summed E-state index contributed by atoms with van der Waals surface area (Å²) >= 11 is 12.2. The molecule has 2 heterocycles. The first-order valence-corrected chi connectivity index (χ1v) is 14.1. The molecule has 1 aliphatic heterocycles. The number of hydrogen-bond donors (Lipinski definition) is 4. The lowest BCUT2D eigenvalue weighted by Gasteiger charge is -2.32. The van der Waals surface area contributed by atoms with Gasteiger partial charge in [0, 0.05) is 19.1 Å². The van der Waals surface area contributed by atoms with Crippen LogP contribution in [0.15, 0.2) is 24.4 Å². The topological polar surface area (TPSA) is 172 Å². The van der Waals surface area contributed by atoms with Crippen molar-refractivity contribution in [2.45, 2.75) is 38.8 Å². The fourth-order valence-corrected chi connectivity index (χ4v) is 5.26. The monoisotopic (exact) mass is 591 g/mol. The summed E-state index contributed by atoms with van der Waals surface area (Å²) in [4.78, 5) is 48.6. The average molecular weight is 592 g/mol. The Kier molecular flexibility index (Phi) is 10.5. The molecule has 16 heteroatoms. The number of ether oxygens (including phenoxy) is 2. The molecule has 0 radical (unpaired) electrons. The zero-order valence-electron chi connectivity index (χ0n) is 20.6. The molecule has 208 valence electrons. The van der Waals surface area contributed by atoms with Crippen molar-refractivity contribution >= 4 is 54.5 Å². The molecule has 13 nitrogen and oxygen atoms in total. The minimum atomic E-state index is -4.06. The number of hydrogen-bond acceptors (Lipinski definition) is 9. The summed E-state index contributed by atoms with van der Waals surface area (Å²) in [5, 5.41) is 12.2. The number of aromatic nitrogens is 2. The van der Waals surface area contributed by atoms with Crippen molar-refractivity contribution in [2.75, 3.05) is 31.5 Å². The number of aromatic amines is 1.